The van der Waals surface area contributed by atoms with Gasteiger partial charge >= 0.3 is 0 Å². The second-order valence-electron chi connectivity index (χ2n) is 9.25. The molecular formula is C25H23FN6O5S. The van der Waals surface area contributed by atoms with Crippen molar-refractivity contribution in [3.05, 3.63) is 76.1 Å². The minimum Gasteiger partial charge on any atom is -0.330 e. The summed E-state index contributed by atoms with van der Waals surface area (Å²) in [4.78, 5) is 45.2. The number of halogens is 1. The molecule has 4 heterocycles. The average molecular weight is 539 g/mol. The minimum atomic E-state index is -3.40. The first-order valence-corrected chi connectivity index (χ1v) is 13.5. The lowest BCUT2D eigenvalue weighted by Gasteiger charge is -2.20. The maximum absolute atomic E-state index is 13.4. The van der Waals surface area contributed by atoms with Crippen LogP contribution in [-0.4, -0.2) is 56.6 Å². The van der Waals surface area contributed by atoms with Crippen molar-refractivity contribution >= 4 is 33.1 Å². The van der Waals surface area contributed by atoms with Crippen molar-refractivity contribution in [1.82, 2.24) is 24.1 Å². The van der Waals surface area contributed by atoms with Crippen LogP contribution in [0.4, 0.5) is 10.2 Å². The minimum absolute atomic E-state index is 0.0694. The first-order valence-electron chi connectivity index (χ1n) is 11.6. The quantitative estimate of drug-likeness (QED) is 0.397. The topological polar surface area (TPSA) is 136 Å². The van der Waals surface area contributed by atoms with Gasteiger partial charge in [-0.15, -0.1) is 0 Å². The molecule has 0 spiro atoms. The van der Waals surface area contributed by atoms with Crippen LogP contribution in [0.25, 0.3) is 16.9 Å². The lowest BCUT2D eigenvalue weighted by molar-refractivity contribution is -0.116. The van der Waals surface area contributed by atoms with E-state index in [-0.39, 0.29) is 52.7 Å². The second kappa shape index (κ2) is 9.17. The van der Waals surface area contributed by atoms with Crippen LogP contribution >= 0.6 is 0 Å². The molecule has 0 fully saturated rings. The number of nitrogens with one attached hydrogen (secondary N) is 1. The number of pyridine rings is 1. The summed E-state index contributed by atoms with van der Waals surface area (Å²) < 4.78 is 39.4. The highest BCUT2D eigenvalue weighted by Crippen LogP contribution is 2.27. The van der Waals surface area contributed by atoms with E-state index in [4.69, 9.17) is 0 Å². The predicted octanol–water partition coefficient (Wildman–Crippen LogP) is 2.10. The number of rotatable bonds is 6. The summed E-state index contributed by atoms with van der Waals surface area (Å²) in [5.41, 5.74) is 0.929. The van der Waals surface area contributed by atoms with Gasteiger partial charge in [-0.1, -0.05) is 12.1 Å². The van der Waals surface area contributed by atoms with Crippen LogP contribution in [0.1, 0.15) is 29.9 Å². The Hall–Kier alpha value is -4.39. The van der Waals surface area contributed by atoms with Gasteiger partial charge in [-0.3, -0.25) is 14.4 Å². The lowest BCUT2D eigenvalue weighted by atomic mass is 10.1. The fourth-order valence-electron chi connectivity index (χ4n) is 4.35. The highest BCUT2D eigenvalue weighted by Gasteiger charge is 2.36. The normalized spacial score (nSPS) is 13.4. The van der Waals surface area contributed by atoms with Gasteiger partial charge in [-0.05, 0) is 38.1 Å². The van der Waals surface area contributed by atoms with E-state index in [2.05, 4.69) is 15.4 Å². The third-order valence-corrected chi connectivity index (χ3v) is 7.39. The smallest absolute Gasteiger partial charge is 0.280 e. The number of amides is 2. The molecule has 196 valence electrons. The molecule has 4 aromatic rings. The predicted molar refractivity (Wildman–Crippen MR) is 136 cm³/mol. The van der Waals surface area contributed by atoms with Gasteiger partial charge in [0.1, 0.15) is 29.5 Å². The molecule has 1 N–H and O–H groups in total. The van der Waals surface area contributed by atoms with Crippen LogP contribution in [0, 0.1) is 5.82 Å². The number of carbonyl (C=O) groups is 2. The first-order chi connectivity index (χ1) is 17.9. The highest BCUT2D eigenvalue weighted by atomic mass is 32.2. The van der Waals surface area contributed by atoms with E-state index < -0.39 is 27.1 Å². The van der Waals surface area contributed by atoms with Crippen molar-refractivity contribution in [1.29, 1.82) is 0 Å². The number of sulfone groups is 1. The molecule has 11 nitrogen and oxygen atoms in total. The molecule has 0 bridgehead atoms. The van der Waals surface area contributed by atoms with Crippen LogP contribution in [0.15, 0.2) is 58.4 Å². The van der Waals surface area contributed by atoms with Crippen molar-refractivity contribution in [3.63, 3.8) is 0 Å². The highest BCUT2D eigenvalue weighted by molar-refractivity contribution is 7.90. The Bertz CT molecular complexity index is 1760. The van der Waals surface area contributed by atoms with Gasteiger partial charge in [-0.2, -0.15) is 9.61 Å². The summed E-state index contributed by atoms with van der Waals surface area (Å²) in [6.07, 6.45) is 2.07. The third-order valence-electron chi connectivity index (χ3n) is 6.26. The first kappa shape index (κ1) is 25.3. The van der Waals surface area contributed by atoms with Gasteiger partial charge in [0, 0.05) is 23.9 Å². The number of hydrogen-bond acceptors (Lipinski definition) is 7. The zero-order valence-electron chi connectivity index (χ0n) is 20.7. The van der Waals surface area contributed by atoms with Crippen LogP contribution < -0.4 is 10.9 Å². The molecule has 5 rings (SSSR count). The van der Waals surface area contributed by atoms with Gasteiger partial charge in [0.2, 0.25) is 5.91 Å². The molecule has 0 saturated carbocycles. The average Bonchev–Trinajstić information content (AvgIpc) is 3.46. The maximum Gasteiger partial charge on any atom is 0.280 e. The van der Waals surface area contributed by atoms with Gasteiger partial charge < -0.3 is 14.8 Å². The Morgan fingerprint density at radius 2 is 1.84 bits per heavy atom. The summed E-state index contributed by atoms with van der Waals surface area (Å²) in [5.74, 6) is -1.37. The standard InChI is InChI=1S/C25H23FN6O5S/c1-14(2)30-12-18-23(25(30)35)31(13-21(33)28-20-9-6-16(26)11-27-20)22-10-19(29-32(22)24(18)34)15-4-7-17(8-5-15)38(3,36)37/h4-11,14H,12-13H2,1-3H3,(H,27,28,33). The Kier molecular flexibility index (Phi) is 6.10. The molecule has 1 aromatic carbocycles. The van der Waals surface area contributed by atoms with Crippen LogP contribution in [-0.2, 0) is 27.7 Å². The molecule has 0 aliphatic carbocycles. The molecule has 0 radical (unpaired) electrons. The summed E-state index contributed by atoms with van der Waals surface area (Å²) in [7, 11) is -3.40. The van der Waals surface area contributed by atoms with Crippen LogP contribution in [0.3, 0.4) is 0 Å². The van der Waals surface area contributed by atoms with Crippen molar-refractivity contribution in [3.8, 4) is 11.3 Å². The van der Waals surface area contributed by atoms with Crippen molar-refractivity contribution in [2.75, 3.05) is 11.6 Å². The summed E-state index contributed by atoms with van der Waals surface area (Å²) >= 11 is 0. The van der Waals surface area contributed by atoms with E-state index >= 15 is 0 Å². The summed E-state index contributed by atoms with van der Waals surface area (Å²) in [6.45, 7) is 3.38. The second-order valence-corrected chi connectivity index (χ2v) is 11.3. The Labute approximate surface area is 216 Å². The SMILES string of the molecule is CC(C)N1Cc2c(n(CC(=O)Nc3ccc(F)cn3)c3cc(-c4ccc(S(C)(=O)=O)cc4)nn3c2=O)C1=O. The molecule has 0 unspecified atom stereocenters. The van der Waals surface area contributed by atoms with Gasteiger partial charge in [0.15, 0.2) is 9.84 Å². The molecule has 3 aromatic heterocycles. The van der Waals surface area contributed by atoms with Gasteiger partial charge in [-0.25, -0.2) is 17.8 Å². The third kappa shape index (κ3) is 4.45. The maximum atomic E-state index is 13.4. The number of hydrogen-bond donors (Lipinski definition) is 1. The molecule has 13 heteroatoms. The summed E-state index contributed by atoms with van der Waals surface area (Å²) in [6, 6.07) is 9.85. The van der Waals surface area contributed by atoms with E-state index in [1.165, 1.54) is 27.7 Å². The van der Waals surface area contributed by atoms with Crippen molar-refractivity contribution < 1.29 is 22.4 Å². The largest absolute Gasteiger partial charge is 0.330 e. The molecular weight excluding hydrogens is 515 g/mol. The number of fused-ring (bicyclic) bond motifs is 2. The summed E-state index contributed by atoms with van der Waals surface area (Å²) in [5, 5.41) is 7.00. The molecule has 0 saturated heterocycles. The number of aromatic nitrogens is 4. The van der Waals surface area contributed by atoms with Crippen molar-refractivity contribution in [2.45, 2.75) is 37.9 Å². The van der Waals surface area contributed by atoms with E-state index in [1.807, 2.05) is 13.8 Å². The van der Waals surface area contributed by atoms with Gasteiger partial charge in [0.05, 0.1) is 28.9 Å². The number of anilines is 1. The van der Waals surface area contributed by atoms with E-state index in [9.17, 15) is 27.2 Å². The van der Waals surface area contributed by atoms with Crippen LogP contribution in [0.2, 0.25) is 0 Å². The lowest BCUT2D eigenvalue weighted by Crippen LogP contribution is -2.32. The molecule has 1 aliphatic rings. The Balaban J connectivity index is 1.62. The van der Waals surface area contributed by atoms with E-state index in [0.717, 1.165) is 23.0 Å². The number of carbonyl (C=O) groups excluding carboxylic acids is 2. The van der Waals surface area contributed by atoms with Crippen molar-refractivity contribution in [2.24, 2.45) is 0 Å². The number of nitrogens with zero attached hydrogens (tertiary/aromatic N) is 5. The van der Waals surface area contributed by atoms with E-state index in [1.54, 1.807) is 18.2 Å². The zero-order chi connectivity index (χ0) is 27.4. The Morgan fingerprint density at radius 1 is 1.13 bits per heavy atom. The Morgan fingerprint density at radius 3 is 2.45 bits per heavy atom. The molecule has 2 amide bonds. The van der Waals surface area contributed by atoms with Gasteiger partial charge in [0.25, 0.3) is 11.5 Å². The number of benzene rings is 1. The molecule has 0 atom stereocenters. The fraction of sp³-hybridized carbons (Fsp3) is 0.240. The molecule has 38 heavy (non-hydrogen) atoms. The zero-order valence-corrected chi connectivity index (χ0v) is 21.5. The molecule has 1 aliphatic heterocycles. The van der Waals surface area contributed by atoms with E-state index in [0.29, 0.717) is 11.3 Å². The monoisotopic (exact) mass is 538 g/mol. The fourth-order valence-corrected chi connectivity index (χ4v) is 4.98. The van der Waals surface area contributed by atoms with Crippen LogP contribution in [0.5, 0.6) is 0 Å².